The molecule has 0 spiro atoms. The van der Waals surface area contributed by atoms with Crippen molar-refractivity contribution in [3.05, 3.63) is 28.8 Å². The Morgan fingerprint density at radius 3 is 2.58 bits per heavy atom. The highest BCUT2D eigenvalue weighted by Gasteiger charge is 2.38. The first kappa shape index (κ1) is 14.3. The van der Waals surface area contributed by atoms with E-state index in [1.54, 1.807) is 0 Å². The lowest BCUT2D eigenvalue weighted by Crippen LogP contribution is -2.52. The Hall–Kier alpha value is -1.15. The normalized spacial score (nSPS) is 20.0. The summed E-state index contributed by atoms with van der Waals surface area (Å²) in [6.07, 6.45) is 0.598. The Morgan fingerprint density at radius 2 is 2.16 bits per heavy atom. The van der Waals surface area contributed by atoms with Crippen molar-refractivity contribution >= 4 is 27.6 Å². The first-order chi connectivity index (χ1) is 8.87. The molecule has 1 aromatic carbocycles. The van der Waals surface area contributed by atoms with Gasteiger partial charge in [-0.3, -0.25) is 0 Å². The summed E-state index contributed by atoms with van der Waals surface area (Å²) in [4.78, 5) is 10.6. The van der Waals surface area contributed by atoms with Crippen LogP contribution in [0.5, 0.6) is 0 Å². The van der Waals surface area contributed by atoms with Crippen LogP contribution in [-0.4, -0.2) is 48.1 Å². The van der Waals surface area contributed by atoms with Gasteiger partial charge >= 0.3 is 5.97 Å². The molecule has 19 heavy (non-hydrogen) atoms. The average Bonchev–Trinajstić information content (AvgIpc) is 2.26. The van der Waals surface area contributed by atoms with E-state index in [-0.39, 0.29) is 22.1 Å². The molecule has 1 fully saturated rings. The molecule has 0 radical (unpaired) electrons. The van der Waals surface area contributed by atoms with Gasteiger partial charge in [0.1, 0.15) is 4.90 Å². The Bertz CT molecular complexity index is 614. The SMILES string of the molecule is O=C(O)c1ccc(S(=O)(=O)N2CCC2CO)c(Cl)c1. The average molecular weight is 306 g/mol. The highest BCUT2D eigenvalue weighted by Crippen LogP contribution is 2.31. The zero-order valence-electron chi connectivity index (χ0n) is 9.78. The number of nitrogens with zero attached hydrogens (tertiary/aromatic N) is 1. The number of carbonyl (C=O) groups is 1. The summed E-state index contributed by atoms with van der Waals surface area (Å²) in [6, 6.07) is 3.04. The number of halogens is 1. The summed E-state index contributed by atoms with van der Waals surface area (Å²) < 4.78 is 25.7. The summed E-state index contributed by atoms with van der Waals surface area (Å²) in [5, 5.41) is 17.7. The van der Waals surface area contributed by atoms with E-state index in [1.807, 2.05) is 0 Å². The fourth-order valence-corrected chi connectivity index (χ4v) is 4.07. The first-order valence-electron chi connectivity index (χ1n) is 5.53. The molecule has 1 atom stereocenters. The molecule has 1 saturated heterocycles. The molecule has 1 unspecified atom stereocenters. The summed E-state index contributed by atoms with van der Waals surface area (Å²) in [5.41, 5.74) is -0.0775. The third kappa shape index (κ3) is 2.46. The molecule has 0 saturated carbocycles. The standard InChI is InChI=1S/C11H12ClNO5S/c12-9-5-7(11(15)16)1-2-10(9)19(17,18)13-4-3-8(13)6-14/h1-2,5,8,14H,3-4,6H2,(H,15,16). The minimum absolute atomic E-state index is 0.0775. The lowest BCUT2D eigenvalue weighted by molar-refractivity contribution is 0.0696. The Labute approximate surface area is 115 Å². The monoisotopic (exact) mass is 305 g/mol. The fraction of sp³-hybridized carbons (Fsp3) is 0.364. The summed E-state index contributed by atoms with van der Waals surface area (Å²) in [7, 11) is -3.79. The van der Waals surface area contributed by atoms with Gasteiger partial charge in [0.15, 0.2) is 0 Å². The smallest absolute Gasteiger partial charge is 0.335 e. The van der Waals surface area contributed by atoms with Crippen LogP contribution in [0.2, 0.25) is 5.02 Å². The molecule has 1 aliphatic heterocycles. The zero-order valence-corrected chi connectivity index (χ0v) is 11.4. The number of aromatic carboxylic acids is 1. The minimum Gasteiger partial charge on any atom is -0.478 e. The number of benzene rings is 1. The molecule has 0 aromatic heterocycles. The van der Waals surface area contributed by atoms with Crippen LogP contribution in [0, 0.1) is 0 Å². The van der Waals surface area contributed by atoms with Crippen molar-refractivity contribution in [2.45, 2.75) is 17.4 Å². The maximum Gasteiger partial charge on any atom is 0.335 e. The molecule has 2 rings (SSSR count). The van der Waals surface area contributed by atoms with Crippen LogP contribution >= 0.6 is 11.6 Å². The van der Waals surface area contributed by atoms with Crippen LogP contribution in [0.1, 0.15) is 16.8 Å². The number of carboxylic acids is 1. The van der Waals surface area contributed by atoms with Gasteiger partial charge in [-0.1, -0.05) is 11.6 Å². The van der Waals surface area contributed by atoms with Gasteiger partial charge in [0.25, 0.3) is 0 Å². The molecule has 0 bridgehead atoms. The topological polar surface area (TPSA) is 94.9 Å². The molecule has 104 valence electrons. The second-order valence-electron chi connectivity index (χ2n) is 4.19. The van der Waals surface area contributed by atoms with Crippen LogP contribution in [0.15, 0.2) is 23.1 Å². The molecular formula is C11H12ClNO5S. The number of aliphatic hydroxyl groups excluding tert-OH is 1. The van der Waals surface area contributed by atoms with E-state index in [0.717, 1.165) is 10.4 Å². The van der Waals surface area contributed by atoms with Gasteiger partial charge in [-0.15, -0.1) is 0 Å². The highest BCUT2D eigenvalue weighted by atomic mass is 35.5. The van der Waals surface area contributed by atoms with Gasteiger partial charge in [-0.05, 0) is 24.6 Å². The molecule has 0 amide bonds. The van der Waals surface area contributed by atoms with Crippen LogP contribution in [-0.2, 0) is 10.0 Å². The van der Waals surface area contributed by atoms with Crippen LogP contribution < -0.4 is 0 Å². The van der Waals surface area contributed by atoms with Crippen LogP contribution in [0.4, 0.5) is 0 Å². The van der Waals surface area contributed by atoms with Crippen LogP contribution in [0.25, 0.3) is 0 Å². The molecule has 1 aliphatic rings. The number of sulfonamides is 1. The number of carboxylic acid groups (broad SMARTS) is 1. The van der Waals surface area contributed by atoms with Gasteiger partial charge in [-0.2, -0.15) is 4.31 Å². The molecule has 8 heteroatoms. The summed E-state index contributed by atoms with van der Waals surface area (Å²) in [6.45, 7) is 0.0780. The molecule has 1 aromatic rings. The van der Waals surface area contributed by atoms with E-state index in [0.29, 0.717) is 13.0 Å². The maximum absolute atomic E-state index is 12.3. The second-order valence-corrected chi connectivity index (χ2v) is 6.46. The van der Waals surface area contributed by atoms with E-state index >= 15 is 0 Å². The van der Waals surface area contributed by atoms with E-state index in [1.165, 1.54) is 12.1 Å². The number of rotatable bonds is 4. The predicted molar refractivity (Wildman–Crippen MR) is 67.8 cm³/mol. The highest BCUT2D eigenvalue weighted by molar-refractivity contribution is 7.89. The van der Waals surface area contributed by atoms with Gasteiger partial charge < -0.3 is 10.2 Å². The Balaban J connectivity index is 2.39. The Morgan fingerprint density at radius 1 is 1.47 bits per heavy atom. The molecule has 2 N–H and O–H groups in total. The van der Waals surface area contributed by atoms with E-state index in [4.69, 9.17) is 21.8 Å². The number of hydrogen-bond acceptors (Lipinski definition) is 4. The zero-order chi connectivity index (χ0) is 14.2. The quantitative estimate of drug-likeness (QED) is 0.857. The third-order valence-corrected chi connectivity index (χ3v) is 5.50. The van der Waals surface area contributed by atoms with Crippen molar-refractivity contribution < 1.29 is 23.4 Å². The first-order valence-corrected chi connectivity index (χ1v) is 7.35. The van der Waals surface area contributed by atoms with Gasteiger partial charge in [0, 0.05) is 12.6 Å². The van der Waals surface area contributed by atoms with Crippen molar-refractivity contribution in [2.75, 3.05) is 13.2 Å². The predicted octanol–water partition coefficient (Wildman–Crippen LogP) is 0.794. The lowest BCUT2D eigenvalue weighted by atomic mass is 10.1. The lowest BCUT2D eigenvalue weighted by Gasteiger charge is -2.38. The van der Waals surface area contributed by atoms with E-state index < -0.39 is 22.0 Å². The van der Waals surface area contributed by atoms with E-state index in [2.05, 4.69) is 0 Å². The minimum atomic E-state index is -3.79. The van der Waals surface area contributed by atoms with Crippen molar-refractivity contribution in [1.82, 2.24) is 4.31 Å². The fourth-order valence-electron chi connectivity index (χ4n) is 1.89. The van der Waals surface area contributed by atoms with Crippen molar-refractivity contribution in [3.8, 4) is 0 Å². The van der Waals surface area contributed by atoms with Gasteiger partial charge in [0.2, 0.25) is 10.0 Å². The third-order valence-electron chi connectivity index (χ3n) is 3.07. The number of hydrogen-bond donors (Lipinski definition) is 2. The molecule has 0 aliphatic carbocycles. The van der Waals surface area contributed by atoms with Crippen LogP contribution in [0.3, 0.4) is 0 Å². The molecular weight excluding hydrogens is 294 g/mol. The Kier molecular flexibility index (Phi) is 3.82. The summed E-state index contributed by atoms with van der Waals surface area (Å²) in [5.74, 6) is -1.18. The summed E-state index contributed by atoms with van der Waals surface area (Å²) >= 11 is 5.84. The van der Waals surface area contributed by atoms with Gasteiger partial charge in [0.05, 0.1) is 17.2 Å². The second kappa shape index (κ2) is 5.09. The van der Waals surface area contributed by atoms with Gasteiger partial charge in [-0.25, -0.2) is 13.2 Å². The van der Waals surface area contributed by atoms with Crippen molar-refractivity contribution in [2.24, 2.45) is 0 Å². The maximum atomic E-state index is 12.3. The van der Waals surface area contributed by atoms with E-state index in [9.17, 15) is 13.2 Å². The molecule has 6 nitrogen and oxygen atoms in total. The van der Waals surface area contributed by atoms with Crippen molar-refractivity contribution in [1.29, 1.82) is 0 Å². The number of aliphatic hydroxyl groups is 1. The molecule has 1 heterocycles. The van der Waals surface area contributed by atoms with Crippen molar-refractivity contribution in [3.63, 3.8) is 0 Å². The largest absolute Gasteiger partial charge is 0.478 e.